The Labute approximate surface area is 138 Å². The van der Waals surface area contributed by atoms with Gasteiger partial charge in [0.15, 0.2) is 0 Å². The van der Waals surface area contributed by atoms with Crippen LogP contribution >= 0.6 is 11.6 Å². The summed E-state index contributed by atoms with van der Waals surface area (Å²) in [7, 11) is 0. The van der Waals surface area contributed by atoms with E-state index in [0.29, 0.717) is 11.6 Å². The van der Waals surface area contributed by atoms with Gasteiger partial charge in [-0.1, -0.05) is 29.8 Å². The Kier molecular flexibility index (Phi) is 3.92. The first kappa shape index (κ1) is 15.3. The Balaban J connectivity index is 2.18. The Hall–Kier alpha value is -2.59. The van der Waals surface area contributed by atoms with Crippen LogP contribution in [0.15, 0.2) is 36.4 Å². The second-order valence-corrected chi connectivity index (χ2v) is 5.80. The number of benzene rings is 2. The second-order valence-electron chi connectivity index (χ2n) is 5.36. The van der Waals surface area contributed by atoms with Gasteiger partial charge in [0.25, 0.3) is 0 Å². The molecular weight excluding hydrogens is 314 g/mol. The van der Waals surface area contributed by atoms with Crippen LogP contribution in [0, 0.1) is 0 Å². The van der Waals surface area contributed by atoms with E-state index in [-0.39, 0.29) is 11.5 Å². The fourth-order valence-corrected chi connectivity index (χ4v) is 2.84. The van der Waals surface area contributed by atoms with Crippen molar-refractivity contribution < 1.29 is 14.7 Å². The number of rotatable bonds is 1. The van der Waals surface area contributed by atoms with E-state index in [1.54, 1.807) is 41.3 Å². The molecule has 23 heavy (non-hydrogen) atoms. The van der Waals surface area contributed by atoms with Crippen LogP contribution in [-0.4, -0.2) is 17.0 Å². The molecule has 0 saturated carbocycles. The lowest BCUT2D eigenvalue weighted by Crippen LogP contribution is -2.29. The molecule has 0 spiro atoms. The Bertz CT molecular complexity index is 842. The molecule has 0 aliphatic carbocycles. The number of carboxylic acids is 1. The van der Waals surface area contributed by atoms with Gasteiger partial charge < -0.3 is 10.0 Å². The molecule has 0 radical (unpaired) electrons. The molecule has 2 aromatic carbocycles. The summed E-state index contributed by atoms with van der Waals surface area (Å²) in [5.74, 6) is -1.10. The lowest BCUT2D eigenvalue weighted by Gasteiger charge is -2.26. The topological polar surface area (TPSA) is 57.6 Å². The van der Waals surface area contributed by atoms with Crippen molar-refractivity contribution in [2.75, 3.05) is 4.90 Å². The number of carboxylic acid groups (broad SMARTS) is 1. The monoisotopic (exact) mass is 327 g/mol. The van der Waals surface area contributed by atoms with E-state index in [1.165, 1.54) is 6.92 Å². The highest BCUT2D eigenvalue weighted by atomic mass is 35.5. The SMILES string of the molecule is CC(=O)N1Cc2cc(C(=O)O)ccc2C=Cc2cc(Cl)ccc21. The first-order valence-electron chi connectivity index (χ1n) is 7.07. The number of carbonyl (C=O) groups is 2. The highest BCUT2D eigenvalue weighted by Crippen LogP contribution is 2.31. The quantitative estimate of drug-likeness (QED) is 0.858. The number of carbonyl (C=O) groups excluding carboxylic acids is 1. The van der Waals surface area contributed by atoms with Crippen molar-refractivity contribution in [1.29, 1.82) is 0 Å². The number of anilines is 1. The van der Waals surface area contributed by atoms with Crippen LogP contribution in [0.1, 0.15) is 34.0 Å². The van der Waals surface area contributed by atoms with Gasteiger partial charge in [0.1, 0.15) is 0 Å². The molecule has 116 valence electrons. The maximum atomic E-state index is 12.1. The summed E-state index contributed by atoms with van der Waals surface area (Å²) in [5.41, 5.74) is 3.48. The molecule has 1 aliphatic heterocycles. The fourth-order valence-electron chi connectivity index (χ4n) is 2.66. The first-order valence-corrected chi connectivity index (χ1v) is 7.45. The summed E-state index contributed by atoms with van der Waals surface area (Å²) in [4.78, 5) is 24.9. The third-order valence-electron chi connectivity index (χ3n) is 3.82. The van der Waals surface area contributed by atoms with Crippen LogP contribution in [0.25, 0.3) is 12.2 Å². The van der Waals surface area contributed by atoms with E-state index in [9.17, 15) is 9.59 Å². The summed E-state index contributed by atoms with van der Waals surface area (Å²) >= 11 is 6.05. The predicted molar refractivity (Wildman–Crippen MR) is 90.6 cm³/mol. The minimum Gasteiger partial charge on any atom is -0.478 e. The highest BCUT2D eigenvalue weighted by molar-refractivity contribution is 6.30. The number of halogens is 1. The van der Waals surface area contributed by atoms with Gasteiger partial charge in [-0.15, -0.1) is 0 Å². The Morgan fingerprint density at radius 1 is 1.09 bits per heavy atom. The van der Waals surface area contributed by atoms with Crippen molar-refractivity contribution in [2.24, 2.45) is 0 Å². The number of nitrogens with zero attached hydrogens (tertiary/aromatic N) is 1. The number of aromatic carboxylic acids is 1. The minimum absolute atomic E-state index is 0.115. The van der Waals surface area contributed by atoms with Gasteiger partial charge in [-0.05, 0) is 47.0 Å². The normalized spacial score (nSPS) is 12.9. The van der Waals surface area contributed by atoms with E-state index >= 15 is 0 Å². The molecule has 0 atom stereocenters. The molecule has 1 amide bonds. The fraction of sp³-hybridized carbons (Fsp3) is 0.111. The van der Waals surface area contributed by atoms with Gasteiger partial charge in [-0.2, -0.15) is 0 Å². The molecule has 0 saturated heterocycles. The van der Waals surface area contributed by atoms with Gasteiger partial charge in [0.2, 0.25) is 5.91 Å². The van der Waals surface area contributed by atoms with Crippen molar-refractivity contribution >= 4 is 41.3 Å². The summed E-state index contributed by atoms with van der Waals surface area (Å²) in [6.07, 6.45) is 3.79. The van der Waals surface area contributed by atoms with Gasteiger partial charge in [0, 0.05) is 11.9 Å². The largest absolute Gasteiger partial charge is 0.478 e. The van der Waals surface area contributed by atoms with Gasteiger partial charge in [-0.25, -0.2) is 4.79 Å². The smallest absolute Gasteiger partial charge is 0.335 e. The second kappa shape index (κ2) is 5.89. The van der Waals surface area contributed by atoms with Crippen molar-refractivity contribution in [1.82, 2.24) is 0 Å². The molecule has 1 N–H and O–H groups in total. The molecular formula is C18H14ClNO3. The van der Waals surface area contributed by atoms with E-state index in [1.807, 2.05) is 12.2 Å². The molecule has 3 rings (SSSR count). The van der Waals surface area contributed by atoms with Crippen LogP contribution < -0.4 is 4.90 Å². The molecule has 5 heteroatoms. The van der Waals surface area contributed by atoms with E-state index in [4.69, 9.17) is 16.7 Å². The molecule has 0 fully saturated rings. The van der Waals surface area contributed by atoms with E-state index < -0.39 is 5.97 Å². The van der Waals surface area contributed by atoms with Crippen LogP contribution in [0.2, 0.25) is 5.02 Å². The average Bonchev–Trinajstić information content (AvgIpc) is 2.49. The first-order chi connectivity index (χ1) is 11.0. The standard InChI is InChI=1S/C18H14ClNO3/c1-11(21)20-10-15-8-14(18(22)23)5-3-12(15)2-4-13-9-16(19)6-7-17(13)20/h2-9H,10H2,1H3,(H,22,23). The van der Waals surface area contributed by atoms with Gasteiger partial charge >= 0.3 is 5.97 Å². The van der Waals surface area contributed by atoms with Crippen molar-refractivity contribution in [3.05, 3.63) is 63.7 Å². The zero-order chi connectivity index (χ0) is 16.6. The van der Waals surface area contributed by atoms with E-state index in [2.05, 4.69) is 0 Å². The lowest BCUT2D eigenvalue weighted by atomic mass is 9.99. The Morgan fingerprint density at radius 3 is 2.52 bits per heavy atom. The maximum absolute atomic E-state index is 12.1. The minimum atomic E-state index is -0.986. The zero-order valence-corrected chi connectivity index (χ0v) is 13.2. The van der Waals surface area contributed by atoms with Gasteiger partial charge in [0.05, 0.1) is 17.8 Å². The summed E-state index contributed by atoms with van der Waals surface area (Å²) in [6, 6.07) is 10.3. The molecule has 2 aromatic rings. The van der Waals surface area contributed by atoms with Crippen LogP contribution in [-0.2, 0) is 11.3 Å². The Morgan fingerprint density at radius 2 is 1.83 bits per heavy atom. The number of amides is 1. The predicted octanol–water partition coefficient (Wildman–Crippen LogP) is 4.08. The van der Waals surface area contributed by atoms with E-state index in [0.717, 1.165) is 22.4 Å². The number of fused-ring (bicyclic) bond motifs is 2. The van der Waals surface area contributed by atoms with Crippen molar-refractivity contribution in [3.63, 3.8) is 0 Å². The van der Waals surface area contributed by atoms with Crippen LogP contribution in [0.5, 0.6) is 0 Å². The van der Waals surface area contributed by atoms with Crippen molar-refractivity contribution in [3.8, 4) is 0 Å². The molecule has 0 bridgehead atoms. The average molecular weight is 328 g/mol. The summed E-state index contributed by atoms with van der Waals surface area (Å²) in [6.45, 7) is 1.80. The maximum Gasteiger partial charge on any atom is 0.335 e. The molecule has 0 aromatic heterocycles. The number of hydrogen-bond donors (Lipinski definition) is 1. The third-order valence-corrected chi connectivity index (χ3v) is 4.06. The third kappa shape index (κ3) is 2.98. The van der Waals surface area contributed by atoms with Crippen LogP contribution in [0.4, 0.5) is 5.69 Å². The highest BCUT2D eigenvalue weighted by Gasteiger charge is 2.19. The van der Waals surface area contributed by atoms with Crippen LogP contribution in [0.3, 0.4) is 0 Å². The molecule has 0 unspecified atom stereocenters. The number of hydrogen-bond acceptors (Lipinski definition) is 2. The molecule has 4 nitrogen and oxygen atoms in total. The summed E-state index contributed by atoms with van der Waals surface area (Å²) in [5, 5.41) is 9.76. The summed E-state index contributed by atoms with van der Waals surface area (Å²) < 4.78 is 0. The molecule has 1 heterocycles. The lowest BCUT2D eigenvalue weighted by molar-refractivity contribution is -0.116. The van der Waals surface area contributed by atoms with Crippen molar-refractivity contribution in [2.45, 2.75) is 13.5 Å². The molecule has 1 aliphatic rings. The van der Waals surface area contributed by atoms with Gasteiger partial charge in [-0.3, -0.25) is 4.79 Å². The zero-order valence-electron chi connectivity index (χ0n) is 12.4.